The standard InChI is InChI=1S/C23H22F4N6S2/c24-16-7-5-15(6-8-16)22(9-2-1-3-10-22)14-30-20(34)33-19-31-17(23(25,26)27)13-18(32-19)35-21-28-11-4-12-29-21/h4-8,11-13H,1-3,9-10,14H2,(H2,30,31,32,33,34). The van der Waals surface area contributed by atoms with Crippen molar-refractivity contribution in [2.75, 3.05) is 11.9 Å². The lowest BCUT2D eigenvalue weighted by atomic mass is 9.69. The van der Waals surface area contributed by atoms with Gasteiger partial charge in [-0.3, -0.25) is 0 Å². The summed E-state index contributed by atoms with van der Waals surface area (Å²) >= 11 is 6.24. The lowest BCUT2D eigenvalue weighted by Gasteiger charge is -2.38. The van der Waals surface area contributed by atoms with E-state index < -0.39 is 11.9 Å². The molecule has 2 N–H and O–H groups in total. The summed E-state index contributed by atoms with van der Waals surface area (Å²) in [5.74, 6) is -0.587. The maximum absolute atomic E-state index is 13.5. The van der Waals surface area contributed by atoms with Gasteiger partial charge in [-0.2, -0.15) is 13.2 Å². The lowest BCUT2D eigenvalue weighted by molar-refractivity contribution is -0.141. The number of thiocarbonyl (C=S) groups is 1. The van der Waals surface area contributed by atoms with Gasteiger partial charge in [0.05, 0.1) is 0 Å². The second-order valence-corrected chi connectivity index (χ2v) is 9.60. The number of hydrogen-bond acceptors (Lipinski definition) is 6. The molecule has 1 aliphatic rings. The monoisotopic (exact) mass is 522 g/mol. The summed E-state index contributed by atoms with van der Waals surface area (Å²) in [5, 5.41) is 6.18. The molecule has 35 heavy (non-hydrogen) atoms. The number of anilines is 1. The number of nitrogens with one attached hydrogen (secondary N) is 2. The van der Waals surface area contributed by atoms with Crippen LogP contribution in [0.25, 0.3) is 0 Å². The second kappa shape index (κ2) is 10.8. The first-order valence-electron chi connectivity index (χ1n) is 11.0. The van der Waals surface area contributed by atoms with Gasteiger partial charge in [0.2, 0.25) is 5.95 Å². The maximum Gasteiger partial charge on any atom is 0.433 e. The molecule has 0 unspecified atom stereocenters. The second-order valence-electron chi connectivity index (χ2n) is 8.20. The fourth-order valence-electron chi connectivity index (χ4n) is 4.10. The van der Waals surface area contributed by atoms with E-state index in [2.05, 4.69) is 30.6 Å². The fraction of sp³-hybridized carbons (Fsp3) is 0.348. The molecule has 1 saturated carbocycles. The van der Waals surface area contributed by atoms with Crippen LogP contribution in [-0.4, -0.2) is 31.6 Å². The topological polar surface area (TPSA) is 75.6 Å². The van der Waals surface area contributed by atoms with Crippen molar-refractivity contribution in [2.45, 2.75) is 53.9 Å². The molecule has 2 heterocycles. The predicted octanol–water partition coefficient (Wildman–Crippen LogP) is 5.76. The fourth-order valence-corrected chi connectivity index (χ4v) is 4.99. The minimum Gasteiger partial charge on any atom is -0.361 e. The van der Waals surface area contributed by atoms with Crippen molar-refractivity contribution in [1.82, 2.24) is 25.3 Å². The van der Waals surface area contributed by atoms with Crippen LogP contribution in [0.5, 0.6) is 0 Å². The average Bonchev–Trinajstić information content (AvgIpc) is 2.84. The Labute approximate surface area is 209 Å². The molecule has 0 aliphatic heterocycles. The highest BCUT2D eigenvalue weighted by atomic mass is 32.2. The Kier molecular flexibility index (Phi) is 7.80. The van der Waals surface area contributed by atoms with Gasteiger partial charge in [0.15, 0.2) is 16.0 Å². The SMILES string of the molecule is Fc1ccc(C2(CNC(=S)Nc3nc(Sc4ncccn4)cc(C(F)(F)F)n3)CCCCC2)cc1. The first kappa shape index (κ1) is 25.2. The van der Waals surface area contributed by atoms with Gasteiger partial charge in [0, 0.05) is 30.4 Å². The Morgan fingerprint density at radius 1 is 1.03 bits per heavy atom. The van der Waals surface area contributed by atoms with Gasteiger partial charge in [0.1, 0.15) is 10.8 Å². The van der Waals surface area contributed by atoms with Crippen molar-refractivity contribution >= 4 is 35.0 Å². The highest BCUT2D eigenvalue weighted by Gasteiger charge is 2.35. The van der Waals surface area contributed by atoms with Crippen LogP contribution >= 0.6 is 24.0 Å². The van der Waals surface area contributed by atoms with Crippen LogP contribution in [0.2, 0.25) is 0 Å². The zero-order valence-corrected chi connectivity index (χ0v) is 20.1. The summed E-state index contributed by atoms with van der Waals surface area (Å²) in [5.41, 5.74) is -0.352. The van der Waals surface area contributed by atoms with Gasteiger partial charge in [-0.25, -0.2) is 24.3 Å². The largest absolute Gasteiger partial charge is 0.433 e. The summed E-state index contributed by atoms with van der Waals surface area (Å²) < 4.78 is 53.8. The molecule has 184 valence electrons. The van der Waals surface area contributed by atoms with Crippen molar-refractivity contribution in [2.24, 2.45) is 0 Å². The summed E-state index contributed by atoms with van der Waals surface area (Å²) in [4.78, 5) is 15.8. The molecule has 4 rings (SSSR count). The molecule has 0 spiro atoms. The number of aromatic nitrogens is 4. The van der Waals surface area contributed by atoms with Crippen molar-refractivity contribution in [3.05, 3.63) is 65.9 Å². The first-order valence-corrected chi connectivity index (χ1v) is 12.2. The summed E-state index contributed by atoms with van der Waals surface area (Å²) in [6.45, 7) is 0.447. The summed E-state index contributed by atoms with van der Waals surface area (Å²) in [6, 6.07) is 8.89. The van der Waals surface area contributed by atoms with Crippen molar-refractivity contribution in [3.8, 4) is 0 Å². The van der Waals surface area contributed by atoms with Crippen molar-refractivity contribution in [1.29, 1.82) is 0 Å². The molecule has 1 fully saturated rings. The van der Waals surface area contributed by atoms with Gasteiger partial charge >= 0.3 is 6.18 Å². The summed E-state index contributed by atoms with van der Waals surface area (Å²) in [7, 11) is 0. The van der Waals surface area contributed by atoms with E-state index in [4.69, 9.17) is 12.2 Å². The van der Waals surface area contributed by atoms with Crippen LogP contribution in [0.4, 0.5) is 23.5 Å². The predicted molar refractivity (Wildman–Crippen MR) is 129 cm³/mol. The maximum atomic E-state index is 13.5. The normalized spacial score (nSPS) is 15.4. The molecule has 0 radical (unpaired) electrons. The van der Waals surface area contributed by atoms with E-state index in [0.717, 1.165) is 55.5 Å². The number of hydrogen-bond donors (Lipinski definition) is 2. The van der Waals surface area contributed by atoms with Gasteiger partial charge in [-0.15, -0.1) is 0 Å². The molecular formula is C23H22F4N6S2. The molecule has 3 aromatic rings. The van der Waals surface area contributed by atoms with Crippen LogP contribution < -0.4 is 10.6 Å². The van der Waals surface area contributed by atoms with Gasteiger partial charge in [0.25, 0.3) is 0 Å². The summed E-state index contributed by atoms with van der Waals surface area (Å²) in [6.07, 6.45) is 3.27. The molecule has 0 bridgehead atoms. The number of alkyl halides is 3. The zero-order chi connectivity index (χ0) is 24.9. The molecule has 2 aromatic heterocycles. The van der Waals surface area contributed by atoms with E-state index in [1.54, 1.807) is 18.2 Å². The van der Waals surface area contributed by atoms with E-state index >= 15 is 0 Å². The number of benzene rings is 1. The molecule has 12 heteroatoms. The highest BCUT2D eigenvalue weighted by Crippen LogP contribution is 2.39. The Morgan fingerprint density at radius 3 is 2.37 bits per heavy atom. The quantitative estimate of drug-likeness (QED) is 0.183. The molecule has 1 aliphatic carbocycles. The first-order chi connectivity index (χ1) is 16.7. The minimum absolute atomic E-state index is 0.0267. The number of rotatable bonds is 6. The van der Waals surface area contributed by atoms with Crippen LogP contribution in [0.15, 0.2) is 59.0 Å². The smallest absolute Gasteiger partial charge is 0.361 e. The molecule has 6 nitrogen and oxygen atoms in total. The molecular weight excluding hydrogens is 500 g/mol. The Balaban J connectivity index is 1.50. The van der Waals surface area contributed by atoms with Gasteiger partial charge in [-0.1, -0.05) is 31.4 Å². The average molecular weight is 523 g/mol. The van der Waals surface area contributed by atoms with Crippen LogP contribution in [0, 0.1) is 5.82 Å². The van der Waals surface area contributed by atoms with Crippen LogP contribution in [-0.2, 0) is 11.6 Å². The third kappa shape index (κ3) is 6.63. The zero-order valence-electron chi connectivity index (χ0n) is 18.5. The molecule has 0 atom stereocenters. The molecule has 0 amide bonds. The van der Waals surface area contributed by atoms with E-state index in [9.17, 15) is 17.6 Å². The highest BCUT2D eigenvalue weighted by molar-refractivity contribution is 7.99. The Bertz CT molecular complexity index is 1150. The van der Waals surface area contributed by atoms with Crippen LogP contribution in [0.1, 0.15) is 43.4 Å². The van der Waals surface area contributed by atoms with E-state index in [1.165, 1.54) is 24.5 Å². The van der Waals surface area contributed by atoms with Crippen molar-refractivity contribution in [3.63, 3.8) is 0 Å². The van der Waals surface area contributed by atoms with Gasteiger partial charge in [-0.05, 0) is 60.6 Å². The molecule has 0 saturated heterocycles. The van der Waals surface area contributed by atoms with E-state index in [-0.39, 0.29) is 32.5 Å². The minimum atomic E-state index is -4.67. The molecule has 1 aromatic carbocycles. The van der Waals surface area contributed by atoms with E-state index in [0.29, 0.717) is 6.54 Å². The Hall–Kier alpha value is -2.86. The lowest BCUT2D eigenvalue weighted by Crippen LogP contribution is -2.43. The van der Waals surface area contributed by atoms with E-state index in [1.807, 2.05) is 0 Å². The number of halogens is 4. The van der Waals surface area contributed by atoms with Crippen molar-refractivity contribution < 1.29 is 17.6 Å². The third-order valence-corrected chi connectivity index (χ3v) is 6.87. The van der Waals surface area contributed by atoms with Crippen LogP contribution in [0.3, 0.4) is 0 Å². The Morgan fingerprint density at radius 2 is 1.71 bits per heavy atom. The third-order valence-electron chi connectivity index (χ3n) is 5.81. The van der Waals surface area contributed by atoms with Gasteiger partial charge < -0.3 is 10.6 Å². The number of nitrogens with zero attached hydrogens (tertiary/aromatic N) is 4.